The third kappa shape index (κ3) is 2.69. The molecular formula is C18H14N2O4S2. The summed E-state index contributed by atoms with van der Waals surface area (Å²) in [5.41, 5.74) is 1.12. The second kappa shape index (κ2) is 6.59. The van der Waals surface area contributed by atoms with Crippen molar-refractivity contribution in [2.75, 3.05) is 19.8 Å². The highest BCUT2D eigenvalue weighted by molar-refractivity contribution is 7.26. The van der Waals surface area contributed by atoms with Gasteiger partial charge in [-0.2, -0.15) is 5.26 Å². The van der Waals surface area contributed by atoms with Gasteiger partial charge in [0.05, 0.1) is 21.9 Å². The summed E-state index contributed by atoms with van der Waals surface area (Å²) >= 11 is 2.76. The van der Waals surface area contributed by atoms with E-state index in [4.69, 9.17) is 14.2 Å². The number of thiophene rings is 1. The molecule has 6 nitrogen and oxygen atoms in total. The molecule has 26 heavy (non-hydrogen) atoms. The molecule has 0 spiro atoms. The lowest BCUT2D eigenvalue weighted by Crippen LogP contribution is -2.16. The van der Waals surface area contributed by atoms with Crippen LogP contribution < -0.4 is 9.47 Å². The van der Waals surface area contributed by atoms with Crippen LogP contribution in [0.1, 0.15) is 27.9 Å². The van der Waals surface area contributed by atoms with E-state index >= 15 is 0 Å². The van der Waals surface area contributed by atoms with Crippen molar-refractivity contribution in [1.29, 1.82) is 5.26 Å². The first-order valence-corrected chi connectivity index (χ1v) is 9.66. The quantitative estimate of drug-likeness (QED) is 0.629. The Labute approximate surface area is 157 Å². The highest BCUT2D eigenvalue weighted by atomic mass is 32.1. The first-order chi connectivity index (χ1) is 12.6. The Hall–Kier alpha value is -2.63. The molecule has 3 aromatic rings. The van der Waals surface area contributed by atoms with Gasteiger partial charge in [-0.3, -0.25) is 0 Å². The number of aryl methyl sites for hydroxylation is 1. The number of thiazole rings is 1. The number of ether oxygens (including phenoxy) is 3. The SMILES string of the molecule is CCOC(=O)c1sc(-c2cc3cc4c(c(C#N)c3s2)OCCO4)nc1C. The topological polar surface area (TPSA) is 81.4 Å². The number of hydrogen-bond donors (Lipinski definition) is 0. The number of hydrogen-bond acceptors (Lipinski definition) is 8. The van der Waals surface area contributed by atoms with Crippen molar-refractivity contribution < 1.29 is 19.0 Å². The van der Waals surface area contributed by atoms with Crippen LogP contribution in [0.25, 0.3) is 20.0 Å². The lowest BCUT2D eigenvalue weighted by atomic mass is 10.1. The Bertz CT molecular complexity index is 1060. The summed E-state index contributed by atoms with van der Waals surface area (Å²) in [5, 5.41) is 11.2. The number of esters is 1. The van der Waals surface area contributed by atoms with Crippen LogP contribution in [0.5, 0.6) is 11.5 Å². The summed E-state index contributed by atoms with van der Waals surface area (Å²) in [6, 6.07) is 6.08. The molecule has 0 unspecified atom stereocenters. The van der Waals surface area contributed by atoms with Crippen molar-refractivity contribution >= 4 is 38.7 Å². The van der Waals surface area contributed by atoms with Gasteiger partial charge in [-0.15, -0.1) is 22.7 Å². The van der Waals surface area contributed by atoms with Crippen LogP contribution in [0.3, 0.4) is 0 Å². The zero-order chi connectivity index (χ0) is 18.3. The van der Waals surface area contributed by atoms with E-state index in [0.29, 0.717) is 47.5 Å². The average molecular weight is 386 g/mol. The first-order valence-electron chi connectivity index (χ1n) is 8.03. The van der Waals surface area contributed by atoms with Gasteiger partial charge in [0.15, 0.2) is 11.5 Å². The second-order valence-electron chi connectivity index (χ2n) is 5.57. The molecular weight excluding hydrogens is 372 g/mol. The molecule has 4 rings (SSSR count). The molecule has 8 heteroatoms. The van der Waals surface area contributed by atoms with Gasteiger partial charge in [-0.1, -0.05) is 0 Å². The average Bonchev–Trinajstić information content (AvgIpc) is 3.23. The third-order valence-corrected chi connectivity index (χ3v) is 6.37. The molecule has 0 aliphatic carbocycles. The molecule has 1 aliphatic rings. The van der Waals surface area contributed by atoms with Gasteiger partial charge in [0.1, 0.15) is 34.7 Å². The predicted molar refractivity (Wildman–Crippen MR) is 99.3 cm³/mol. The number of rotatable bonds is 3. The Kier molecular flexibility index (Phi) is 4.26. The molecule has 0 fully saturated rings. The van der Waals surface area contributed by atoms with Crippen LogP contribution in [0.15, 0.2) is 12.1 Å². The number of aromatic nitrogens is 1. The zero-order valence-electron chi connectivity index (χ0n) is 14.1. The first kappa shape index (κ1) is 16.8. The highest BCUT2D eigenvalue weighted by Crippen LogP contribution is 2.45. The van der Waals surface area contributed by atoms with Crippen LogP contribution in [-0.4, -0.2) is 30.8 Å². The Morgan fingerprint density at radius 1 is 1.35 bits per heavy atom. The molecule has 1 aromatic carbocycles. The molecule has 0 saturated heterocycles. The van der Waals surface area contributed by atoms with E-state index in [2.05, 4.69) is 11.1 Å². The summed E-state index contributed by atoms with van der Waals surface area (Å²) < 4.78 is 17.2. The fourth-order valence-electron chi connectivity index (χ4n) is 2.78. The van der Waals surface area contributed by atoms with Crippen LogP contribution in [0, 0.1) is 18.3 Å². The van der Waals surface area contributed by atoms with Gasteiger partial charge in [0, 0.05) is 0 Å². The molecule has 0 amide bonds. The number of nitriles is 1. The van der Waals surface area contributed by atoms with Crippen molar-refractivity contribution in [3.63, 3.8) is 0 Å². The molecule has 0 bridgehead atoms. The zero-order valence-corrected chi connectivity index (χ0v) is 15.8. The monoisotopic (exact) mass is 386 g/mol. The van der Waals surface area contributed by atoms with Crippen molar-refractivity contribution in [3.05, 3.63) is 28.3 Å². The molecule has 0 saturated carbocycles. The smallest absolute Gasteiger partial charge is 0.350 e. The lowest BCUT2D eigenvalue weighted by molar-refractivity contribution is 0.0531. The van der Waals surface area contributed by atoms with Gasteiger partial charge in [0.25, 0.3) is 0 Å². The molecule has 2 aromatic heterocycles. The van der Waals surface area contributed by atoms with Crippen molar-refractivity contribution in [1.82, 2.24) is 4.98 Å². The minimum Gasteiger partial charge on any atom is -0.486 e. The summed E-state index contributed by atoms with van der Waals surface area (Å²) in [5.74, 6) is 0.735. The summed E-state index contributed by atoms with van der Waals surface area (Å²) in [6.45, 7) is 4.79. The maximum absolute atomic E-state index is 12.0. The van der Waals surface area contributed by atoms with E-state index in [9.17, 15) is 10.1 Å². The molecule has 3 heterocycles. The molecule has 0 N–H and O–H groups in total. The molecule has 0 atom stereocenters. The number of nitrogens with zero attached hydrogens (tertiary/aromatic N) is 2. The maximum Gasteiger partial charge on any atom is 0.350 e. The van der Waals surface area contributed by atoms with Crippen LogP contribution in [0.2, 0.25) is 0 Å². The summed E-state index contributed by atoms with van der Waals surface area (Å²) in [7, 11) is 0. The van der Waals surface area contributed by atoms with E-state index in [1.165, 1.54) is 22.7 Å². The number of carbonyl (C=O) groups excluding carboxylic acids is 1. The Balaban J connectivity index is 1.83. The fourth-order valence-corrected chi connectivity index (χ4v) is 4.92. The highest BCUT2D eigenvalue weighted by Gasteiger charge is 2.23. The lowest BCUT2D eigenvalue weighted by Gasteiger charge is -2.19. The van der Waals surface area contributed by atoms with Crippen molar-refractivity contribution in [2.24, 2.45) is 0 Å². The predicted octanol–water partition coefficient (Wildman–Crippen LogP) is 4.15. The summed E-state index contributed by atoms with van der Waals surface area (Å²) in [4.78, 5) is 17.9. The number of carbonyl (C=O) groups is 1. The van der Waals surface area contributed by atoms with Crippen LogP contribution >= 0.6 is 22.7 Å². The number of fused-ring (bicyclic) bond motifs is 2. The van der Waals surface area contributed by atoms with E-state index in [1.807, 2.05) is 12.1 Å². The molecule has 132 valence electrons. The van der Waals surface area contributed by atoms with Gasteiger partial charge >= 0.3 is 5.97 Å². The van der Waals surface area contributed by atoms with Gasteiger partial charge < -0.3 is 14.2 Å². The van der Waals surface area contributed by atoms with Gasteiger partial charge in [-0.05, 0) is 31.4 Å². The van der Waals surface area contributed by atoms with Gasteiger partial charge in [0.2, 0.25) is 0 Å². The standard InChI is InChI=1S/C18H14N2O4S2/c1-3-22-18(21)15-9(2)20-17(26-15)13-7-10-6-12-14(24-5-4-23-12)11(8-19)16(10)25-13/h6-7H,3-5H2,1-2H3. The fraction of sp³-hybridized carbons (Fsp3) is 0.278. The van der Waals surface area contributed by atoms with E-state index in [1.54, 1.807) is 13.8 Å². The minimum atomic E-state index is -0.357. The van der Waals surface area contributed by atoms with Crippen LogP contribution in [-0.2, 0) is 4.74 Å². The van der Waals surface area contributed by atoms with Crippen molar-refractivity contribution in [3.8, 4) is 27.5 Å². The Morgan fingerprint density at radius 3 is 2.92 bits per heavy atom. The normalized spacial score (nSPS) is 12.8. The van der Waals surface area contributed by atoms with Gasteiger partial charge in [-0.25, -0.2) is 9.78 Å². The van der Waals surface area contributed by atoms with E-state index in [0.717, 1.165) is 20.0 Å². The molecule has 1 aliphatic heterocycles. The maximum atomic E-state index is 12.0. The van der Waals surface area contributed by atoms with E-state index < -0.39 is 0 Å². The minimum absolute atomic E-state index is 0.325. The third-order valence-electron chi connectivity index (χ3n) is 3.89. The van der Waals surface area contributed by atoms with Crippen molar-refractivity contribution in [2.45, 2.75) is 13.8 Å². The van der Waals surface area contributed by atoms with E-state index in [-0.39, 0.29) is 5.97 Å². The number of benzene rings is 1. The molecule has 0 radical (unpaired) electrons. The second-order valence-corrected chi connectivity index (χ2v) is 7.62. The van der Waals surface area contributed by atoms with Crippen LogP contribution in [0.4, 0.5) is 0 Å². The summed E-state index contributed by atoms with van der Waals surface area (Å²) in [6.07, 6.45) is 0. The Morgan fingerprint density at radius 2 is 2.15 bits per heavy atom. The largest absolute Gasteiger partial charge is 0.486 e.